The zero-order valence-electron chi connectivity index (χ0n) is 8.08. The minimum Gasteiger partial charge on any atom is -0.502 e. The number of hydrogen-bond donors (Lipinski definition) is 0. The largest absolute Gasteiger partial charge is 0.502 e. The minimum atomic E-state index is -0.272. The SMILES string of the molecule is CCO/C=C/C(OCC)OCC. The predicted octanol–water partition coefficient (Wildman–Crippen LogP) is 1.94. The third-order valence-corrected chi connectivity index (χ3v) is 1.16. The van der Waals surface area contributed by atoms with E-state index in [2.05, 4.69) is 0 Å². The van der Waals surface area contributed by atoms with Crippen LogP contribution in [0.5, 0.6) is 0 Å². The Labute approximate surface area is 74.3 Å². The first-order chi connectivity index (χ1) is 5.85. The van der Waals surface area contributed by atoms with Crippen molar-refractivity contribution in [2.24, 2.45) is 0 Å². The van der Waals surface area contributed by atoms with E-state index in [9.17, 15) is 0 Å². The minimum absolute atomic E-state index is 0.272. The van der Waals surface area contributed by atoms with Crippen LogP contribution in [-0.4, -0.2) is 26.1 Å². The number of hydrogen-bond acceptors (Lipinski definition) is 3. The second-order valence-corrected chi connectivity index (χ2v) is 2.06. The summed E-state index contributed by atoms with van der Waals surface area (Å²) in [5.74, 6) is 0. The molecule has 0 saturated heterocycles. The lowest BCUT2D eigenvalue weighted by Crippen LogP contribution is -2.14. The van der Waals surface area contributed by atoms with Gasteiger partial charge < -0.3 is 14.2 Å². The standard InChI is InChI=1S/C9H18O3/c1-4-10-8-7-9(11-5-2)12-6-3/h7-9H,4-6H2,1-3H3/b8-7+. The normalized spacial score (nSPS) is 11.3. The highest BCUT2D eigenvalue weighted by molar-refractivity contribution is 4.78. The van der Waals surface area contributed by atoms with E-state index in [1.54, 1.807) is 12.3 Å². The van der Waals surface area contributed by atoms with Crippen molar-refractivity contribution in [2.75, 3.05) is 19.8 Å². The highest BCUT2D eigenvalue weighted by Gasteiger charge is 2.00. The monoisotopic (exact) mass is 174 g/mol. The zero-order chi connectivity index (χ0) is 9.23. The molecule has 72 valence electrons. The molecule has 12 heavy (non-hydrogen) atoms. The van der Waals surface area contributed by atoms with Crippen LogP contribution in [-0.2, 0) is 14.2 Å². The molecule has 0 aliphatic heterocycles. The molecule has 0 aliphatic rings. The average molecular weight is 174 g/mol. The van der Waals surface area contributed by atoms with Crippen LogP contribution >= 0.6 is 0 Å². The lowest BCUT2D eigenvalue weighted by atomic mass is 10.6. The van der Waals surface area contributed by atoms with Crippen LogP contribution in [0.25, 0.3) is 0 Å². The topological polar surface area (TPSA) is 27.7 Å². The molecule has 0 aromatic carbocycles. The Morgan fingerprint density at radius 2 is 1.58 bits per heavy atom. The Morgan fingerprint density at radius 1 is 1.00 bits per heavy atom. The van der Waals surface area contributed by atoms with E-state index >= 15 is 0 Å². The van der Waals surface area contributed by atoms with E-state index in [0.717, 1.165) is 0 Å². The van der Waals surface area contributed by atoms with Gasteiger partial charge in [-0.05, 0) is 20.8 Å². The van der Waals surface area contributed by atoms with Gasteiger partial charge in [0.15, 0.2) is 6.29 Å². The van der Waals surface area contributed by atoms with E-state index in [-0.39, 0.29) is 6.29 Å². The van der Waals surface area contributed by atoms with Gasteiger partial charge in [-0.2, -0.15) is 0 Å². The van der Waals surface area contributed by atoms with Gasteiger partial charge >= 0.3 is 0 Å². The molecule has 0 aliphatic carbocycles. The summed E-state index contributed by atoms with van der Waals surface area (Å²) in [7, 11) is 0. The molecule has 0 aromatic heterocycles. The Kier molecular flexibility index (Phi) is 8.17. The van der Waals surface area contributed by atoms with Crippen LogP contribution in [0.3, 0.4) is 0 Å². The van der Waals surface area contributed by atoms with E-state index in [0.29, 0.717) is 19.8 Å². The van der Waals surface area contributed by atoms with Crippen molar-refractivity contribution >= 4 is 0 Å². The Morgan fingerprint density at radius 3 is 2.00 bits per heavy atom. The fraction of sp³-hybridized carbons (Fsp3) is 0.778. The maximum Gasteiger partial charge on any atom is 0.179 e. The van der Waals surface area contributed by atoms with Crippen molar-refractivity contribution < 1.29 is 14.2 Å². The summed E-state index contributed by atoms with van der Waals surface area (Å²) in [6, 6.07) is 0. The Bertz CT molecular complexity index is 106. The van der Waals surface area contributed by atoms with Gasteiger partial charge in [-0.15, -0.1) is 0 Å². The quantitative estimate of drug-likeness (QED) is 0.436. The van der Waals surface area contributed by atoms with Crippen molar-refractivity contribution in [1.82, 2.24) is 0 Å². The van der Waals surface area contributed by atoms with Crippen LogP contribution in [0.1, 0.15) is 20.8 Å². The van der Waals surface area contributed by atoms with E-state index in [1.807, 2.05) is 20.8 Å². The van der Waals surface area contributed by atoms with Crippen LogP contribution in [0.15, 0.2) is 12.3 Å². The van der Waals surface area contributed by atoms with Crippen molar-refractivity contribution in [1.29, 1.82) is 0 Å². The van der Waals surface area contributed by atoms with Gasteiger partial charge in [0, 0.05) is 19.3 Å². The maximum atomic E-state index is 5.24. The first-order valence-corrected chi connectivity index (χ1v) is 4.36. The molecule has 3 nitrogen and oxygen atoms in total. The molecule has 0 heterocycles. The average Bonchev–Trinajstić information content (AvgIpc) is 2.06. The molecule has 0 amide bonds. The summed E-state index contributed by atoms with van der Waals surface area (Å²) < 4.78 is 15.5. The highest BCUT2D eigenvalue weighted by atomic mass is 16.7. The van der Waals surface area contributed by atoms with Crippen molar-refractivity contribution in [3.05, 3.63) is 12.3 Å². The second-order valence-electron chi connectivity index (χ2n) is 2.06. The van der Waals surface area contributed by atoms with Crippen LogP contribution < -0.4 is 0 Å². The first-order valence-electron chi connectivity index (χ1n) is 4.36. The van der Waals surface area contributed by atoms with Crippen molar-refractivity contribution in [3.8, 4) is 0 Å². The van der Waals surface area contributed by atoms with E-state index < -0.39 is 0 Å². The number of rotatable bonds is 7. The molecule has 0 bridgehead atoms. The highest BCUT2D eigenvalue weighted by Crippen LogP contribution is 1.97. The molecular weight excluding hydrogens is 156 g/mol. The van der Waals surface area contributed by atoms with E-state index in [4.69, 9.17) is 14.2 Å². The van der Waals surface area contributed by atoms with Gasteiger partial charge in [-0.3, -0.25) is 0 Å². The zero-order valence-corrected chi connectivity index (χ0v) is 8.08. The molecule has 3 heteroatoms. The van der Waals surface area contributed by atoms with Crippen LogP contribution in [0, 0.1) is 0 Å². The molecule has 0 aromatic rings. The molecule has 0 rings (SSSR count). The Hall–Kier alpha value is -0.540. The fourth-order valence-corrected chi connectivity index (χ4v) is 0.704. The molecule has 0 radical (unpaired) electrons. The van der Waals surface area contributed by atoms with Crippen molar-refractivity contribution in [3.63, 3.8) is 0 Å². The molecule has 0 atom stereocenters. The summed E-state index contributed by atoms with van der Waals surface area (Å²) in [5, 5.41) is 0. The predicted molar refractivity (Wildman–Crippen MR) is 47.8 cm³/mol. The lowest BCUT2D eigenvalue weighted by molar-refractivity contribution is -0.104. The first kappa shape index (κ1) is 11.5. The van der Waals surface area contributed by atoms with Gasteiger partial charge in [0.1, 0.15) is 0 Å². The van der Waals surface area contributed by atoms with Crippen LogP contribution in [0.4, 0.5) is 0 Å². The summed E-state index contributed by atoms with van der Waals surface area (Å²) in [6.45, 7) is 7.74. The third kappa shape index (κ3) is 6.19. The number of ether oxygens (including phenoxy) is 3. The summed E-state index contributed by atoms with van der Waals surface area (Å²) in [6.07, 6.45) is 3.10. The molecule has 0 N–H and O–H groups in total. The second kappa shape index (κ2) is 8.56. The maximum absolute atomic E-state index is 5.24. The fourth-order valence-electron chi connectivity index (χ4n) is 0.704. The molecule has 0 fully saturated rings. The van der Waals surface area contributed by atoms with Gasteiger partial charge in [0.25, 0.3) is 0 Å². The van der Waals surface area contributed by atoms with Crippen LogP contribution in [0.2, 0.25) is 0 Å². The van der Waals surface area contributed by atoms with E-state index in [1.165, 1.54) is 0 Å². The van der Waals surface area contributed by atoms with Gasteiger partial charge in [-0.1, -0.05) is 0 Å². The molecular formula is C9H18O3. The molecule has 0 spiro atoms. The smallest absolute Gasteiger partial charge is 0.179 e. The van der Waals surface area contributed by atoms with Gasteiger partial charge in [0.2, 0.25) is 0 Å². The third-order valence-electron chi connectivity index (χ3n) is 1.16. The lowest BCUT2D eigenvalue weighted by Gasteiger charge is -2.11. The Balaban J connectivity index is 3.60. The van der Waals surface area contributed by atoms with Crippen molar-refractivity contribution in [2.45, 2.75) is 27.1 Å². The summed E-state index contributed by atoms with van der Waals surface area (Å²) in [4.78, 5) is 0. The molecule has 0 unspecified atom stereocenters. The summed E-state index contributed by atoms with van der Waals surface area (Å²) >= 11 is 0. The van der Waals surface area contributed by atoms with Gasteiger partial charge in [0.05, 0.1) is 12.9 Å². The van der Waals surface area contributed by atoms with Gasteiger partial charge in [-0.25, -0.2) is 0 Å². The summed E-state index contributed by atoms with van der Waals surface area (Å²) in [5.41, 5.74) is 0. The molecule has 0 saturated carbocycles.